The van der Waals surface area contributed by atoms with Crippen molar-refractivity contribution in [3.8, 4) is 0 Å². The molecule has 2 heteroatoms. The van der Waals surface area contributed by atoms with Gasteiger partial charge < -0.3 is 5.32 Å². The molecular formula is C10H21NS. The van der Waals surface area contributed by atoms with Gasteiger partial charge in [0.05, 0.1) is 0 Å². The summed E-state index contributed by atoms with van der Waals surface area (Å²) in [5, 5.41) is 3.63. The molecule has 0 saturated heterocycles. The molecule has 0 heterocycles. The van der Waals surface area contributed by atoms with Crippen LogP contribution in [0.4, 0.5) is 0 Å². The van der Waals surface area contributed by atoms with Crippen molar-refractivity contribution in [2.45, 2.75) is 45.2 Å². The molecule has 1 aliphatic rings. The summed E-state index contributed by atoms with van der Waals surface area (Å²) in [7, 11) is 0. The summed E-state index contributed by atoms with van der Waals surface area (Å²) in [5.74, 6) is 2.28. The van der Waals surface area contributed by atoms with E-state index in [0.29, 0.717) is 6.04 Å². The molecule has 2 unspecified atom stereocenters. The van der Waals surface area contributed by atoms with Crippen LogP contribution in [0.2, 0.25) is 0 Å². The number of thioether (sulfide) groups is 1. The first-order valence-corrected chi connectivity index (χ1v) is 6.36. The minimum absolute atomic E-state index is 0.675. The van der Waals surface area contributed by atoms with Crippen LogP contribution in [0.1, 0.15) is 33.1 Å². The van der Waals surface area contributed by atoms with Crippen molar-refractivity contribution < 1.29 is 0 Å². The van der Waals surface area contributed by atoms with Crippen molar-refractivity contribution in [2.75, 3.05) is 12.0 Å². The molecule has 1 aliphatic carbocycles. The Bertz CT molecular complexity index is 123. The molecule has 0 aliphatic heterocycles. The van der Waals surface area contributed by atoms with Crippen LogP contribution in [0.25, 0.3) is 0 Å². The van der Waals surface area contributed by atoms with Crippen LogP contribution in [0.5, 0.6) is 0 Å². The van der Waals surface area contributed by atoms with E-state index in [9.17, 15) is 0 Å². The number of hydrogen-bond donors (Lipinski definition) is 1. The van der Waals surface area contributed by atoms with E-state index in [1.807, 2.05) is 11.8 Å². The summed E-state index contributed by atoms with van der Waals surface area (Å²) < 4.78 is 0. The lowest BCUT2D eigenvalue weighted by Crippen LogP contribution is -2.36. The third-order valence-corrected chi connectivity index (χ3v) is 3.20. The highest BCUT2D eigenvalue weighted by Gasteiger charge is 2.23. The van der Waals surface area contributed by atoms with E-state index < -0.39 is 0 Å². The maximum absolute atomic E-state index is 3.63. The number of rotatable bonds is 6. The molecule has 0 amide bonds. The lowest BCUT2D eigenvalue weighted by atomic mass is 10.1. The molecule has 0 aromatic heterocycles. The second-order valence-electron chi connectivity index (χ2n) is 4.10. The molecule has 12 heavy (non-hydrogen) atoms. The maximum Gasteiger partial charge on any atom is 0.0132 e. The monoisotopic (exact) mass is 187 g/mol. The molecule has 1 saturated carbocycles. The highest BCUT2D eigenvalue weighted by Crippen LogP contribution is 2.33. The van der Waals surface area contributed by atoms with E-state index in [0.717, 1.165) is 12.0 Å². The highest BCUT2D eigenvalue weighted by atomic mass is 32.2. The van der Waals surface area contributed by atoms with Crippen LogP contribution in [-0.2, 0) is 0 Å². The summed E-state index contributed by atoms with van der Waals surface area (Å²) in [6.45, 7) is 4.59. The van der Waals surface area contributed by atoms with E-state index in [1.54, 1.807) is 0 Å². The fraction of sp³-hybridized carbons (Fsp3) is 1.00. The van der Waals surface area contributed by atoms with Crippen LogP contribution in [-0.4, -0.2) is 24.1 Å². The van der Waals surface area contributed by atoms with Gasteiger partial charge in [0.25, 0.3) is 0 Å². The number of hydrogen-bond acceptors (Lipinski definition) is 2. The minimum Gasteiger partial charge on any atom is -0.311 e. The third-order valence-electron chi connectivity index (χ3n) is 2.37. The molecule has 2 atom stereocenters. The van der Waals surface area contributed by atoms with Crippen molar-refractivity contribution in [3.05, 3.63) is 0 Å². The molecule has 0 radical (unpaired) electrons. The largest absolute Gasteiger partial charge is 0.311 e. The van der Waals surface area contributed by atoms with Gasteiger partial charge in [0.15, 0.2) is 0 Å². The van der Waals surface area contributed by atoms with Crippen LogP contribution in [0, 0.1) is 5.92 Å². The molecule has 1 N–H and O–H groups in total. The van der Waals surface area contributed by atoms with Crippen LogP contribution in [0.15, 0.2) is 0 Å². The van der Waals surface area contributed by atoms with Crippen LogP contribution >= 0.6 is 11.8 Å². The summed E-state index contributed by atoms with van der Waals surface area (Å²) in [5.41, 5.74) is 0. The SMILES string of the molecule is CSCC(C)NC(C)CC1CC1. The summed E-state index contributed by atoms with van der Waals surface area (Å²) in [4.78, 5) is 0. The Hall–Kier alpha value is 0.310. The zero-order valence-corrected chi connectivity index (χ0v) is 9.29. The maximum atomic E-state index is 3.63. The molecule has 0 aromatic carbocycles. The van der Waals surface area contributed by atoms with Crippen LogP contribution in [0.3, 0.4) is 0 Å². The van der Waals surface area contributed by atoms with Gasteiger partial charge in [0.2, 0.25) is 0 Å². The molecule has 0 spiro atoms. The molecule has 0 aromatic rings. The Balaban J connectivity index is 2.02. The van der Waals surface area contributed by atoms with E-state index >= 15 is 0 Å². The van der Waals surface area contributed by atoms with Gasteiger partial charge in [-0.1, -0.05) is 12.8 Å². The normalized spacial score (nSPS) is 22.2. The first-order chi connectivity index (χ1) is 5.72. The molecule has 0 bridgehead atoms. The van der Waals surface area contributed by atoms with Gasteiger partial charge >= 0.3 is 0 Å². The molecule has 72 valence electrons. The van der Waals surface area contributed by atoms with Gasteiger partial charge in [-0.15, -0.1) is 0 Å². The van der Waals surface area contributed by atoms with Crippen molar-refractivity contribution in [1.82, 2.24) is 5.32 Å². The average molecular weight is 187 g/mol. The molecule has 1 fully saturated rings. The minimum atomic E-state index is 0.675. The third kappa shape index (κ3) is 4.36. The van der Waals surface area contributed by atoms with Crippen molar-refractivity contribution >= 4 is 11.8 Å². The van der Waals surface area contributed by atoms with Gasteiger partial charge in [-0.25, -0.2) is 0 Å². The Labute approximate surface area is 80.7 Å². The Kier molecular flexibility index (Phi) is 4.44. The fourth-order valence-corrected chi connectivity index (χ4v) is 2.30. The lowest BCUT2D eigenvalue weighted by molar-refractivity contribution is 0.450. The van der Waals surface area contributed by atoms with Gasteiger partial charge in [-0.3, -0.25) is 0 Å². The van der Waals surface area contributed by atoms with Crippen molar-refractivity contribution in [3.63, 3.8) is 0 Å². The summed E-state index contributed by atoms with van der Waals surface area (Å²) in [6.07, 6.45) is 6.51. The average Bonchev–Trinajstić information content (AvgIpc) is 2.71. The van der Waals surface area contributed by atoms with Gasteiger partial charge in [-0.2, -0.15) is 11.8 Å². The summed E-state index contributed by atoms with van der Waals surface area (Å²) >= 11 is 1.92. The van der Waals surface area contributed by atoms with E-state index in [2.05, 4.69) is 25.4 Å². The van der Waals surface area contributed by atoms with E-state index in [-0.39, 0.29) is 0 Å². The van der Waals surface area contributed by atoms with Gasteiger partial charge in [0, 0.05) is 17.8 Å². The predicted molar refractivity (Wildman–Crippen MR) is 57.8 cm³/mol. The molecule has 1 nitrogen and oxygen atoms in total. The topological polar surface area (TPSA) is 12.0 Å². The zero-order valence-electron chi connectivity index (χ0n) is 8.47. The fourth-order valence-electron chi connectivity index (χ4n) is 1.71. The Morgan fingerprint density at radius 3 is 2.50 bits per heavy atom. The van der Waals surface area contributed by atoms with Crippen LogP contribution < -0.4 is 5.32 Å². The van der Waals surface area contributed by atoms with Gasteiger partial charge in [0.1, 0.15) is 0 Å². The highest BCUT2D eigenvalue weighted by molar-refractivity contribution is 7.98. The lowest BCUT2D eigenvalue weighted by Gasteiger charge is -2.18. The standard InChI is InChI=1S/C10H21NS/c1-8(6-10-4-5-10)11-9(2)7-12-3/h8-11H,4-7H2,1-3H3. The van der Waals surface area contributed by atoms with Crippen molar-refractivity contribution in [2.24, 2.45) is 5.92 Å². The Morgan fingerprint density at radius 2 is 2.00 bits per heavy atom. The van der Waals surface area contributed by atoms with Gasteiger partial charge in [-0.05, 0) is 32.4 Å². The number of nitrogens with one attached hydrogen (secondary N) is 1. The van der Waals surface area contributed by atoms with E-state index in [4.69, 9.17) is 0 Å². The molecular weight excluding hydrogens is 166 g/mol. The van der Waals surface area contributed by atoms with E-state index in [1.165, 1.54) is 25.0 Å². The first kappa shape index (κ1) is 10.4. The summed E-state index contributed by atoms with van der Waals surface area (Å²) in [6, 6.07) is 1.40. The quantitative estimate of drug-likeness (QED) is 0.686. The Morgan fingerprint density at radius 1 is 1.33 bits per heavy atom. The first-order valence-electron chi connectivity index (χ1n) is 4.97. The smallest absolute Gasteiger partial charge is 0.0132 e. The second kappa shape index (κ2) is 5.13. The second-order valence-corrected chi connectivity index (χ2v) is 5.01. The predicted octanol–water partition coefficient (Wildman–Crippen LogP) is 2.52. The zero-order chi connectivity index (χ0) is 8.97. The molecule has 1 rings (SSSR count). The van der Waals surface area contributed by atoms with Crippen molar-refractivity contribution in [1.29, 1.82) is 0 Å².